The highest BCUT2D eigenvalue weighted by Crippen LogP contribution is 2.28. The fourth-order valence-electron chi connectivity index (χ4n) is 1.89. The van der Waals surface area contributed by atoms with Crippen LogP contribution in [0.3, 0.4) is 0 Å². The molecule has 1 aliphatic rings. The topological polar surface area (TPSA) is 31.9 Å². The van der Waals surface area contributed by atoms with Crippen LogP contribution in [0, 0.1) is 6.92 Å². The SMILES string of the molecule is Cc1nc(C2CCCN2C)c[nH]1. The average molecular weight is 165 g/mol. The average Bonchev–Trinajstić information content (AvgIpc) is 2.58. The van der Waals surface area contributed by atoms with Crippen molar-refractivity contribution in [3.05, 3.63) is 17.7 Å². The van der Waals surface area contributed by atoms with Gasteiger partial charge in [-0.15, -0.1) is 0 Å². The van der Waals surface area contributed by atoms with Crippen molar-refractivity contribution in [3.63, 3.8) is 0 Å². The minimum absolute atomic E-state index is 0.551. The standard InChI is InChI=1S/C9H15N3/c1-7-10-6-8(11-7)9-4-3-5-12(9)2/h6,9H,3-5H2,1-2H3,(H,10,11). The number of aromatic amines is 1. The van der Waals surface area contributed by atoms with E-state index in [0.717, 1.165) is 5.82 Å². The molecule has 1 aromatic heterocycles. The first-order valence-corrected chi connectivity index (χ1v) is 4.49. The lowest BCUT2D eigenvalue weighted by Gasteiger charge is -2.16. The second-order valence-corrected chi connectivity index (χ2v) is 3.55. The Balaban J connectivity index is 2.19. The minimum Gasteiger partial charge on any atom is -0.348 e. The Labute approximate surface area is 72.8 Å². The van der Waals surface area contributed by atoms with Gasteiger partial charge in [0.1, 0.15) is 5.82 Å². The molecule has 0 aliphatic carbocycles. The van der Waals surface area contributed by atoms with Gasteiger partial charge in [-0.2, -0.15) is 0 Å². The lowest BCUT2D eigenvalue weighted by atomic mass is 10.2. The fraction of sp³-hybridized carbons (Fsp3) is 0.667. The van der Waals surface area contributed by atoms with E-state index >= 15 is 0 Å². The molecule has 3 heteroatoms. The molecule has 1 aromatic rings. The smallest absolute Gasteiger partial charge is 0.103 e. The molecule has 0 amide bonds. The molecule has 1 N–H and O–H groups in total. The van der Waals surface area contributed by atoms with Crippen LogP contribution in [0.2, 0.25) is 0 Å². The summed E-state index contributed by atoms with van der Waals surface area (Å²) in [6.07, 6.45) is 4.58. The van der Waals surface area contributed by atoms with Gasteiger partial charge in [-0.25, -0.2) is 4.98 Å². The van der Waals surface area contributed by atoms with Gasteiger partial charge in [0.2, 0.25) is 0 Å². The molecular weight excluding hydrogens is 150 g/mol. The summed E-state index contributed by atoms with van der Waals surface area (Å²) in [5.41, 5.74) is 1.20. The summed E-state index contributed by atoms with van der Waals surface area (Å²) in [7, 11) is 2.17. The van der Waals surface area contributed by atoms with Gasteiger partial charge in [0, 0.05) is 6.20 Å². The molecular formula is C9H15N3. The normalized spacial score (nSPS) is 25.0. The summed E-state index contributed by atoms with van der Waals surface area (Å²) < 4.78 is 0. The van der Waals surface area contributed by atoms with Crippen LogP contribution >= 0.6 is 0 Å². The molecule has 1 atom stereocenters. The summed E-state index contributed by atoms with van der Waals surface area (Å²) in [6.45, 7) is 3.20. The van der Waals surface area contributed by atoms with Crippen LogP contribution in [0.4, 0.5) is 0 Å². The lowest BCUT2D eigenvalue weighted by molar-refractivity contribution is 0.312. The minimum atomic E-state index is 0.551. The number of rotatable bonds is 1. The van der Waals surface area contributed by atoms with Crippen molar-refractivity contribution in [2.24, 2.45) is 0 Å². The Hall–Kier alpha value is -0.830. The molecule has 0 saturated carbocycles. The van der Waals surface area contributed by atoms with E-state index in [1.807, 2.05) is 13.1 Å². The maximum atomic E-state index is 4.45. The summed E-state index contributed by atoms with van der Waals surface area (Å²) in [4.78, 5) is 9.94. The van der Waals surface area contributed by atoms with Crippen molar-refractivity contribution >= 4 is 0 Å². The Morgan fingerprint density at radius 2 is 2.50 bits per heavy atom. The summed E-state index contributed by atoms with van der Waals surface area (Å²) >= 11 is 0. The molecule has 1 aliphatic heterocycles. The molecule has 66 valence electrons. The van der Waals surface area contributed by atoms with Crippen molar-refractivity contribution in [2.45, 2.75) is 25.8 Å². The number of hydrogen-bond donors (Lipinski definition) is 1. The van der Waals surface area contributed by atoms with Crippen molar-refractivity contribution in [3.8, 4) is 0 Å². The van der Waals surface area contributed by atoms with Crippen LogP contribution in [0.5, 0.6) is 0 Å². The van der Waals surface area contributed by atoms with Gasteiger partial charge in [-0.3, -0.25) is 4.90 Å². The van der Waals surface area contributed by atoms with Crippen LogP contribution in [0.1, 0.15) is 30.4 Å². The van der Waals surface area contributed by atoms with Crippen LogP contribution in [0.25, 0.3) is 0 Å². The summed E-state index contributed by atoms with van der Waals surface area (Å²) in [6, 6.07) is 0.551. The molecule has 0 bridgehead atoms. The zero-order valence-electron chi connectivity index (χ0n) is 7.67. The number of nitrogens with one attached hydrogen (secondary N) is 1. The third-order valence-electron chi connectivity index (χ3n) is 2.59. The zero-order valence-corrected chi connectivity index (χ0v) is 7.67. The molecule has 1 unspecified atom stereocenters. The van der Waals surface area contributed by atoms with Crippen molar-refractivity contribution in [1.29, 1.82) is 0 Å². The molecule has 2 heterocycles. The predicted octanol–water partition coefficient (Wildman–Crippen LogP) is 1.48. The zero-order chi connectivity index (χ0) is 8.55. The Morgan fingerprint density at radius 3 is 3.00 bits per heavy atom. The van der Waals surface area contributed by atoms with Gasteiger partial charge in [0.25, 0.3) is 0 Å². The number of aromatic nitrogens is 2. The third-order valence-corrected chi connectivity index (χ3v) is 2.59. The van der Waals surface area contributed by atoms with Gasteiger partial charge in [0.05, 0.1) is 11.7 Å². The van der Waals surface area contributed by atoms with Crippen LogP contribution < -0.4 is 0 Å². The highest BCUT2D eigenvalue weighted by Gasteiger charge is 2.23. The van der Waals surface area contributed by atoms with Crippen LogP contribution in [-0.2, 0) is 0 Å². The first-order chi connectivity index (χ1) is 5.77. The highest BCUT2D eigenvalue weighted by atomic mass is 15.2. The lowest BCUT2D eigenvalue weighted by Crippen LogP contribution is -2.17. The molecule has 3 nitrogen and oxygen atoms in total. The molecule has 1 fully saturated rings. The Kier molecular flexibility index (Phi) is 1.89. The Morgan fingerprint density at radius 1 is 1.67 bits per heavy atom. The summed E-state index contributed by atoms with van der Waals surface area (Å²) in [5.74, 6) is 1.02. The highest BCUT2D eigenvalue weighted by molar-refractivity contribution is 5.07. The monoisotopic (exact) mass is 165 g/mol. The fourth-order valence-corrected chi connectivity index (χ4v) is 1.89. The van der Waals surface area contributed by atoms with Gasteiger partial charge >= 0.3 is 0 Å². The molecule has 12 heavy (non-hydrogen) atoms. The second kappa shape index (κ2) is 2.90. The quantitative estimate of drug-likeness (QED) is 0.683. The molecule has 2 rings (SSSR count). The van der Waals surface area contributed by atoms with Gasteiger partial charge in [-0.05, 0) is 33.4 Å². The van der Waals surface area contributed by atoms with Crippen molar-refractivity contribution in [1.82, 2.24) is 14.9 Å². The first kappa shape index (κ1) is 7.80. The third kappa shape index (κ3) is 1.25. The number of nitrogens with zero attached hydrogens (tertiary/aromatic N) is 2. The van der Waals surface area contributed by atoms with E-state index in [1.54, 1.807) is 0 Å². The van der Waals surface area contributed by atoms with Crippen molar-refractivity contribution in [2.75, 3.05) is 13.6 Å². The van der Waals surface area contributed by atoms with E-state index in [-0.39, 0.29) is 0 Å². The summed E-state index contributed by atoms with van der Waals surface area (Å²) in [5, 5.41) is 0. The van der Waals surface area contributed by atoms with E-state index in [2.05, 4.69) is 21.9 Å². The number of aryl methyl sites for hydroxylation is 1. The van der Waals surface area contributed by atoms with E-state index < -0.39 is 0 Å². The predicted molar refractivity (Wildman–Crippen MR) is 47.9 cm³/mol. The van der Waals surface area contributed by atoms with E-state index in [4.69, 9.17) is 0 Å². The Bertz CT molecular complexity index is 266. The van der Waals surface area contributed by atoms with Gasteiger partial charge in [0.15, 0.2) is 0 Å². The largest absolute Gasteiger partial charge is 0.348 e. The number of H-pyrrole nitrogens is 1. The molecule has 0 radical (unpaired) electrons. The first-order valence-electron chi connectivity index (χ1n) is 4.49. The molecule has 1 saturated heterocycles. The number of likely N-dealkylation sites (tertiary alicyclic amines) is 1. The maximum absolute atomic E-state index is 4.45. The van der Waals surface area contributed by atoms with E-state index in [0.29, 0.717) is 6.04 Å². The van der Waals surface area contributed by atoms with E-state index in [9.17, 15) is 0 Å². The molecule has 0 spiro atoms. The number of imidazole rings is 1. The van der Waals surface area contributed by atoms with Crippen LogP contribution in [0.15, 0.2) is 6.20 Å². The molecule has 0 aromatic carbocycles. The van der Waals surface area contributed by atoms with Gasteiger partial charge < -0.3 is 4.98 Å². The second-order valence-electron chi connectivity index (χ2n) is 3.55. The maximum Gasteiger partial charge on any atom is 0.103 e. The van der Waals surface area contributed by atoms with Crippen molar-refractivity contribution < 1.29 is 0 Å². The number of hydrogen-bond acceptors (Lipinski definition) is 2. The van der Waals surface area contributed by atoms with E-state index in [1.165, 1.54) is 25.1 Å². The van der Waals surface area contributed by atoms with Crippen LogP contribution in [-0.4, -0.2) is 28.5 Å². The van der Waals surface area contributed by atoms with Gasteiger partial charge in [-0.1, -0.05) is 0 Å².